The number of carbonyl (C=O) groups excluding carboxylic acids is 1. The molecular formula is C15H24N2O2. The number of aromatic nitrogens is 1. The summed E-state index contributed by atoms with van der Waals surface area (Å²) < 4.78 is 5.38. The van der Waals surface area contributed by atoms with E-state index in [4.69, 9.17) is 4.74 Å². The maximum absolute atomic E-state index is 11.9. The second-order valence-electron chi connectivity index (χ2n) is 5.76. The molecule has 19 heavy (non-hydrogen) atoms. The van der Waals surface area contributed by atoms with E-state index in [9.17, 15) is 4.79 Å². The van der Waals surface area contributed by atoms with Crippen LogP contribution in [0.1, 0.15) is 33.4 Å². The molecule has 4 heteroatoms. The van der Waals surface area contributed by atoms with E-state index < -0.39 is 5.60 Å². The van der Waals surface area contributed by atoms with Gasteiger partial charge in [0.05, 0.1) is 0 Å². The van der Waals surface area contributed by atoms with Crippen molar-refractivity contribution < 1.29 is 9.53 Å². The molecule has 0 aliphatic carbocycles. The quantitative estimate of drug-likeness (QED) is 0.765. The van der Waals surface area contributed by atoms with Crippen LogP contribution in [0.15, 0.2) is 24.4 Å². The molecule has 1 aromatic rings. The fourth-order valence-corrected chi connectivity index (χ4v) is 1.60. The Morgan fingerprint density at radius 2 is 2.11 bits per heavy atom. The fraction of sp³-hybridized carbons (Fsp3) is 0.600. The molecule has 0 radical (unpaired) electrons. The summed E-state index contributed by atoms with van der Waals surface area (Å²) in [5, 5.41) is 0. The maximum atomic E-state index is 11.9. The van der Waals surface area contributed by atoms with Gasteiger partial charge in [0.25, 0.3) is 0 Å². The van der Waals surface area contributed by atoms with Crippen molar-refractivity contribution in [2.75, 3.05) is 13.6 Å². The number of pyridine rings is 1. The van der Waals surface area contributed by atoms with Crippen LogP contribution in [-0.2, 0) is 16.0 Å². The highest BCUT2D eigenvalue weighted by molar-refractivity contribution is 5.75. The standard InChI is InChI=1S/C15H24N2O2/c1-12(14(18)19-15(2,3)4)17(5)11-9-13-8-6-7-10-16-13/h6-8,10,12H,9,11H2,1-5H3. The Balaban J connectivity index is 2.44. The third-order valence-electron chi connectivity index (χ3n) is 2.86. The first kappa shape index (κ1) is 15.6. The van der Waals surface area contributed by atoms with Gasteiger partial charge < -0.3 is 4.74 Å². The molecule has 1 unspecified atom stereocenters. The van der Waals surface area contributed by atoms with Crippen molar-refractivity contribution in [3.05, 3.63) is 30.1 Å². The lowest BCUT2D eigenvalue weighted by Gasteiger charge is -2.27. The van der Waals surface area contributed by atoms with Crippen molar-refractivity contribution in [2.45, 2.75) is 45.8 Å². The highest BCUT2D eigenvalue weighted by Crippen LogP contribution is 2.10. The molecule has 0 amide bonds. The van der Waals surface area contributed by atoms with Gasteiger partial charge in [-0.1, -0.05) is 6.07 Å². The molecule has 1 heterocycles. The molecule has 0 saturated heterocycles. The summed E-state index contributed by atoms with van der Waals surface area (Å²) in [7, 11) is 1.93. The minimum Gasteiger partial charge on any atom is -0.459 e. The number of nitrogens with zero attached hydrogens (tertiary/aromatic N) is 2. The van der Waals surface area contributed by atoms with Crippen LogP contribution < -0.4 is 0 Å². The van der Waals surface area contributed by atoms with E-state index in [1.54, 1.807) is 6.20 Å². The van der Waals surface area contributed by atoms with E-state index >= 15 is 0 Å². The van der Waals surface area contributed by atoms with Crippen molar-refractivity contribution in [2.24, 2.45) is 0 Å². The van der Waals surface area contributed by atoms with Gasteiger partial charge in [-0.25, -0.2) is 0 Å². The predicted molar refractivity (Wildman–Crippen MR) is 75.9 cm³/mol. The van der Waals surface area contributed by atoms with Crippen molar-refractivity contribution in [1.29, 1.82) is 0 Å². The summed E-state index contributed by atoms with van der Waals surface area (Å²) in [6, 6.07) is 5.62. The lowest BCUT2D eigenvalue weighted by atomic mass is 10.2. The van der Waals surface area contributed by atoms with Gasteiger partial charge in [0.1, 0.15) is 11.6 Å². The van der Waals surface area contributed by atoms with Gasteiger partial charge in [-0.2, -0.15) is 0 Å². The molecule has 0 aliphatic heterocycles. The van der Waals surface area contributed by atoms with Crippen molar-refractivity contribution in [3.8, 4) is 0 Å². The van der Waals surface area contributed by atoms with Crippen LogP contribution in [-0.4, -0.2) is 41.1 Å². The van der Waals surface area contributed by atoms with E-state index in [2.05, 4.69) is 4.98 Å². The third-order valence-corrected chi connectivity index (χ3v) is 2.86. The number of rotatable bonds is 5. The van der Waals surface area contributed by atoms with Gasteiger partial charge in [0.15, 0.2) is 0 Å². The van der Waals surface area contributed by atoms with E-state index in [0.717, 1.165) is 18.7 Å². The Bertz CT molecular complexity index is 398. The first-order chi connectivity index (χ1) is 8.79. The average molecular weight is 264 g/mol. The predicted octanol–water partition coefficient (Wildman–Crippen LogP) is 2.29. The molecule has 0 bridgehead atoms. The molecule has 1 aromatic heterocycles. The summed E-state index contributed by atoms with van der Waals surface area (Å²) >= 11 is 0. The van der Waals surface area contributed by atoms with Crippen LogP contribution in [0.3, 0.4) is 0 Å². The zero-order valence-corrected chi connectivity index (χ0v) is 12.5. The van der Waals surface area contributed by atoms with Crippen LogP contribution in [0, 0.1) is 0 Å². The highest BCUT2D eigenvalue weighted by atomic mass is 16.6. The Morgan fingerprint density at radius 3 is 2.63 bits per heavy atom. The van der Waals surface area contributed by atoms with Gasteiger partial charge in [-0.3, -0.25) is 14.7 Å². The van der Waals surface area contributed by atoms with E-state index in [1.165, 1.54) is 0 Å². The van der Waals surface area contributed by atoms with Gasteiger partial charge in [0, 0.05) is 24.9 Å². The molecule has 0 aliphatic rings. The van der Waals surface area contributed by atoms with Gasteiger partial charge in [-0.05, 0) is 46.9 Å². The third kappa shape index (κ3) is 5.83. The number of carbonyl (C=O) groups is 1. The molecule has 0 spiro atoms. The Labute approximate surface area is 115 Å². The Morgan fingerprint density at radius 1 is 1.42 bits per heavy atom. The van der Waals surface area contributed by atoms with Gasteiger partial charge >= 0.3 is 5.97 Å². The van der Waals surface area contributed by atoms with E-state index in [0.29, 0.717) is 0 Å². The number of hydrogen-bond acceptors (Lipinski definition) is 4. The summed E-state index contributed by atoms with van der Waals surface area (Å²) in [5.74, 6) is -0.184. The SMILES string of the molecule is CC(C(=O)OC(C)(C)C)N(C)CCc1ccccn1. The Kier molecular flexibility index (Phi) is 5.48. The monoisotopic (exact) mass is 264 g/mol. The zero-order chi connectivity index (χ0) is 14.5. The lowest BCUT2D eigenvalue weighted by molar-refractivity contribution is -0.160. The normalized spacial score (nSPS) is 13.4. The van der Waals surface area contributed by atoms with Crippen molar-refractivity contribution in [1.82, 2.24) is 9.88 Å². The summed E-state index contributed by atoms with van der Waals surface area (Å²) in [5.41, 5.74) is 0.596. The zero-order valence-electron chi connectivity index (χ0n) is 12.5. The largest absolute Gasteiger partial charge is 0.459 e. The smallest absolute Gasteiger partial charge is 0.323 e. The molecule has 1 rings (SSSR count). The van der Waals surface area contributed by atoms with E-state index in [-0.39, 0.29) is 12.0 Å². The fourth-order valence-electron chi connectivity index (χ4n) is 1.60. The topological polar surface area (TPSA) is 42.4 Å². The van der Waals surface area contributed by atoms with Crippen LogP contribution in [0.2, 0.25) is 0 Å². The van der Waals surface area contributed by atoms with Gasteiger partial charge in [0.2, 0.25) is 0 Å². The van der Waals surface area contributed by atoms with Crippen LogP contribution >= 0.6 is 0 Å². The second kappa shape index (κ2) is 6.66. The number of ether oxygens (including phenoxy) is 1. The van der Waals surface area contributed by atoms with Crippen molar-refractivity contribution in [3.63, 3.8) is 0 Å². The minimum atomic E-state index is -0.437. The maximum Gasteiger partial charge on any atom is 0.323 e. The molecule has 1 atom stereocenters. The average Bonchev–Trinajstić information content (AvgIpc) is 2.34. The van der Waals surface area contributed by atoms with E-state index in [1.807, 2.05) is 57.8 Å². The molecule has 0 aromatic carbocycles. The summed E-state index contributed by atoms with van der Waals surface area (Å²) in [6.07, 6.45) is 2.61. The number of esters is 1. The first-order valence-electron chi connectivity index (χ1n) is 6.62. The summed E-state index contributed by atoms with van der Waals surface area (Å²) in [4.78, 5) is 18.2. The molecular weight excluding hydrogens is 240 g/mol. The Hall–Kier alpha value is -1.42. The number of likely N-dealkylation sites (N-methyl/N-ethyl adjacent to an activating group) is 1. The molecule has 0 saturated carbocycles. The van der Waals surface area contributed by atoms with Crippen LogP contribution in [0.25, 0.3) is 0 Å². The molecule has 0 N–H and O–H groups in total. The molecule has 0 fully saturated rings. The first-order valence-corrected chi connectivity index (χ1v) is 6.62. The number of hydrogen-bond donors (Lipinski definition) is 0. The minimum absolute atomic E-state index is 0.184. The summed E-state index contributed by atoms with van der Waals surface area (Å²) in [6.45, 7) is 8.28. The lowest BCUT2D eigenvalue weighted by Crippen LogP contribution is -2.41. The highest BCUT2D eigenvalue weighted by Gasteiger charge is 2.24. The van der Waals surface area contributed by atoms with Gasteiger partial charge in [-0.15, -0.1) is 0 Å². The van der Waals surface area contributed by atoms with Crippen molar-refractivity contribution >= 4 is 5.97 Å². The van der Waals surface area contributed by atoms with Crippen LogP contribution in [0.4, 0.5) is 0 Å². The van der Waals surface area contributed by atoms with Crippen LogP contribution in [0.5, 0.6) is 0 Å². The molecule has 106 valence electrons. The molecule has 4 nitrogen and oxygen atoms in total. The second-order valence-corrected chi connectivity index (χ2v) is 5.76.